The number of nitro groups is 2. The molecule has 0 N–H and O–H groups in total. The van der Waals surface area contributed by atoms with Crippen LogP contribution in [0, 0.1) is 20.2 Å². The molecular formula is C27H26N2O17. The summed E-state index contributed by atoms with van der Waals surface area (Å²) in [4.78, 5) is 81.8. The molecule has 246 valence electrons. The lowest BCUT2D eigenvalue weighted by Crippen LogP contribution is -2.64. The lowest BCUT2D eigenvalue weighted by molar-refractivity contribution is -0.385. The number of esters is 4. The molecule has 5 atom stereocenters. The van der Waals surface area contributed by atoms with Crippen LogP contribution in [0.4, 0.5) is 16.2 Å². The number of methoxy groups -OCH3 is 1. The number of benzene rings is 2. The SMILES string of the molecule is COC(=O)[C@H]1O[C@@H](Oc2ccc([N+](=O)[O-])cc2COC(=O)Oc2ccc([N+](=O)[O-])cc2)[C@H](OC(C)=O)[C@@H](OC(C)=O)[C@@H]1OC(C)=O. The number of hydrogen-bond acceptors (Lipinski definition) is 17. The Morgan fingerprint density at radius 2 is 1.33 bits per heavy atom. The van der Waals surface area contributed by atoms with Gasteiger partial charge in [0, 0.05) is 50.6 Å². The first-order valence-electron chi connectivity index (χ1n) is 13.0. The molecule has 1 aliphatic rings. The molecule has 2 aromatic rings. The van der Waals surface area contributed by atoms with Crippen LogP contribution < -0.4 is 9.47 Å². The third kappa shape index (κ3) is 9.08. The maximum absolute atomic E-state index is 12.7. The van der Waals surface area contributed by atoms with E-state index in [9.17, 15) is 44.2 Å². The van der Waals surface area contributed by atoms with Crippen LogP contribution in [0.1, 0.15) is 26.3 Å². The third-order valence-corrected chi connectivity index (χ3v) is 5.93. The highest BCUT2D eigenvalue weighted by Gasteiger charge is 2.56. The van der Waals surface area contributed by atoms with Crippen molar-refractivity contribution in [1.82, 2.24) is 0 Å². The van der Waals surface area contributed by atoms with Gasteiger partial charge < -0.3 is 37.9 Å². The number of hydrogen-bond donors (Lipinski definition) is 0. The number of carbonyl (C=O) groups is 5. The molecule has 0 aliphatic carbocycles. The summed E-state index contributed by atoms with van der Waals surface area (Å²) in [5.74, 6) is -4.25. The van der Waals surface area contributed by atoms with Crippen molar-refractivity contribution in [3.05, 3.63) is 68.3 Å². The van der Waals surface area contributed by atoms with Gasteiger partial charge in [-0.2, -0.15) is 0 Å². The van der Waals surface area contributed by atoms with E-state index in [1.807, 2.05) is 0 Å². The maximum Gasteiger partial charge on any atom is 0.514 e. The summed E-state index contributed by atoms with van der Waals surface area (Å²) in [6, 6.07) is 7.50. The first-order chi connectivity index (χ1) is 21.7. The lowest BCUT2D eigenvalue weighted by Gasteiger charge is -2.43. The first kappa shape index (κ1) is 34.6. The smallest absolute Gasteiger partial charge is 0.467 e. The largest absolute Gasteiger partial charge is 0.514 e. The van der Waals surface area contributed by atoms with E-state index in [0.717, 1.165) is 70.3 Å². The number of ether oxygens (including phenoxy) is 8. The van der Waals surface area contributed by atoms with E-state index in [1.54, 1.807) is 0 Å². The number of carbonyl (C=O) groups excluding carboxylic acids is 5. The van der Waals surface area contributed by atoms with Crippen LogP contribution in [-0.4, -0.2) is 77.7 Å². The van der Waals surface area contributed by atoms with Crippen molar-refractivity contribution in [2.45, 2.75) is 58.1 Å². The van der Waals surface area contributed by atoms with Crippen LogP contribution in [0.3, 0.4) is 0 Å². The van der Waals surface area contributed by atoms with Gasteiger partial charge in [0.2, 0.25) is 12.4 Å². The second-order valence-electron chi connectivity index (χ2n) is 9.23. The summed E-state index contributed by atoms with van der Waals surface area (Å²) in [6.07, 6.45) is -9.94. The van der Waals surface area contributed by atoms with E-state index >= 15 is 0 Å². The van der Waals surface area contributed by atoms with Crippen molar-refractivity contribution in [3.63, 3.8) is 0 Å². The third-order valence-electron chi connectivity index (χ3n) is 5.93. The van der Waals surface area contributed by atoms with Gasteiger partial charge in [-0.15, -0.1) is 0 Å². The average Bonchev–Trinajstić information content (AvgIpc) is 2.98. The zero-order chi connectivity index (χ0) is 34.1. The molecule has 0 amide bonds. The average molecular weight is 651 g/mol. The highest BCUT2D eigenvalue weighted by molar-refractivity contribution is 5.77. The Balaban J connectivity index is 1.95. The van der Waals surface area contributed by atoms with Crippen molar-refractivity contribution < 1.29 is 71.7 Å². The number of non-ortho nitro benzene ring substituents is 2. The Hall–Kier alpha value is -5.85. The molecule has 46 heavy (non-hydrogen) atoms. The van der Waals surface area contributed by atoms with E-state index in [2.05, 4.69) is 0 Å². The minimum absolute atomic E-state index is 0.112. The van der Waals surface area contributed by atoms with Gasteiger partial charge in [-0.25, -0.2) is 9.59 Å². The molecule has 1 aliphatic heterocycles. The lowest BCUT2D eigenvalue weighted by atomic mass is 9.97. The molecule has 0 unspecified atom stereocenters. The van der Waals surface area contributed by atoms with Gasteiger partial charge in [-0.3, -0.25) is 34.6 Å². The van der Waals surface area contributed by atoms with Crippen LogP contribution in [0.2, 0.25) is 0 Å². The summed E-state index contributed by atoms with van der Waals surface area (Å²) in [5, 5.41) is 22.3. The Morgan fingerprint density at radius 3 is 1.87 bits per heavy atom. The normalized spacial score (nSPS) is 20.3. The predicted octanol–water partition coefficient (Wildman–Crippen LogP) is 2.29. The van der Waals surface area contributed by atoms with Crippen LogP contribution in [0.15, 0.2) is 42.5 Å². The second kappa shape index (κ2) is 15.2. The fourth-order valence-corrected chi connectivity index (χ4v) is 4.11. The molecular weight excluding hydrogens is 624 g/mol. The molecule has 1 saturated heterocycles. The Kier molecular flexibility index (Phi) is 11.5. The van der Waals surface area contributed by atoms with Crippen LogP contribution >= 0.6 is 0 Å². The highest BCUT2D eigenvalue weighted by atomic mass is 16.7. The second-order valence-corrected chi connectivity index (χ2v) is 9.23. The topological polar surface area (TPSA) is 245 Å². The van der Waals surface area contributed by atoms with E-state index in [-0.39, 0.29) is 22.7 Å². The fourth-order valence-electron chi connectivity index (χ4n) is 4.11. The van der Waals surface area contributed by atoms with E-state index < -0.39 is 82.9 Å². The number of rotatable bonds is 11. The summed E-state index contributed by atoms with van der Waals surface area (Å²) in [5.41, 5.74) is -0.877. The fraction of sp³-hybridized carbons (Fsp3) is 0.370. The monoisotopic (exact) mass is 650 g/mol. The Morgan fingerprint density at radius 1 is 0.783 bits per heavy atom. The number of nitrogens with zero attached hydrogens (tertiary/aromatic N) is 2. The van der Waals surface area contributed by atoms with Gasteiger partial charge in [-0.1, -0.05) is 0 Å². The molecule has 1 fully saturated rings. The Labute approximate surface area is 258 Å². The van der Waals surface area contributed by atoms with Gasteiger partial charge in [-0.05, 0) is 18.2 Å². The molecule has 2 aromatic carbocycles. The minimum atomic E-state index is -1.81. The highest BCUT2D eigenvalue weighted by Crippen LogP contribution is 2.33. The minimum Gasteiger partial charge on any atom is -0.467 e. The van der Waals surface area contributed by atoms with Gasteiger partial charge in [0.05, 0.1) is 17.0 Å². The summed E-state index contributed by atoms with van der Waals surface area (Å²) in [7, 11) is 0.993. The molecule has 1 heterocycles. The van der Waals surface area contributed by atoms with Gasteiger partial charge in [0.15, 0.2) is 18.3 Å². The molecule has 3 rings (SSSR count). The van der Waals surface area contributed by atoms with Crippen molar-refractivity contribution in [1.29, 1.82) is 0 Å². The van der Waals surface area contributed by atoms with Gasteiger partial charge in [0.1, 0.15) is 18.1 Å². The van der Waals surface area contributed by atoms with Gasteiger partial charge >= 0.3 is 30.0 Å². The maximum atomic E-state index is 12.7. The summed E-state index contributed by atoms with van der Waals surface area (Å²) < 4.78 is 42.0. The quantitative estimate of drug-likeness (QED) is 0.111. The standard InChI is InChI=1S/C27H26N2O17/c1-13(30)41-21-22(42-14(2)31)24(43-15(3)32)26(46-23(21)25(33)39-4)45-20-10-7-18(29(37)38)11-16(20)12-40-27(34)44-19-8-5-17(6-9-19)28(35)36/h5-11,21-24,26H,12H2,1-4H3/t21-,22-,23-,24+,26+/m0/s1. The first-order valence-corrected chi connectivity index (χ1v) is 13.0. The zero-order valence-electron chi connectivity index (χ0n) is 24.5. The zero-order valence-corrected chi connectivity index (χ0v) is 24.5. The molecule has 0 spiro atoms. The molecule has 0 bridgehead atoms. The van der Waals surface area contributed by atoms with Crippen molar-refractivity contribution in [2.75, 3.05) is 7.11 Å². The summed E-state index contributed by atoms with van der Waals surface area (Å²) in [6.45, 7) is 2.28. The van der Waals surface area contributed by atoms with Crippen LogP contribution in [0.5, 0.6) is 11.5 Å². The van der Waals surface area contributed by atoms with E-state index in [1.165, 1.54) is 0 Å². The van der Waals surface area contributed by atoms with Gasteiger partial charge in [0.25, 0.3) is 11.4 Å². The predicted molar refractivity (Wildman–Crippen MR) is 145 cm³/mol. The number of nitro benzene ring substituents is 2. The van der Waals surface area contributed by atoms with Crippen molar-refractivity contribution >= 4 is 41.4 Å². The molecule has 0 aromatic heterocycles. The molecule has 19 heteroatoms. The van der Waals surface area contributed by atoms with Crippen molar-refractivity contribution in [3.8, 4) is 11.5 Å². The van der Waals surface area contributed by atoms with Crippen LogP contribution in [0.25, 0.3) is 0 Å². The summed E-state index contributed by atoms with van der Waals surface area (Å²) >= 11 is 0. The van der Waals surface area contributed by atoms with E-state index in [0.29, 0.717) is 0 Å². The molecule has 19 nitrogen and oxygen atoms in total. The molecule has 0 radical (unpaired) electrons. The van der Waals surface area contributed by atoms with Crippen molar-refractivity contribution in [2.24, 2.45) is 0 Å². The van der Waals surface area contributed by atoms with E-state index in [4.69, 9.17) is 37.9 Å². The Bertz CT molecular complexity index is 1510. The molecule has 0 saturated carbocycles. The van der Waals surface area contributed by atoms with Crippen LogP contribution in [-0.2, 0) is 54.2 Å².